The van der Waals surface area contributed by atoms with E-state index in [9.17, 15) is 4.79 Å². The summed E-state index contributed by atoms with van der Waals surface area (Å²) in [6.45, 7) is 3.73. The van der Waals surface area contributed by atoms with Crippen LogP contribution in [0.2, 0.25) is 0 Å². The smallest absolute Gasteiger partial charge is 0.324 e. The first kappa shape index (κ1) is 16.8. The Labute approximate surface area is 164 Å². The molecule has 2 amide bonds. The van der Waals surface area contributed by atoms with Gasteiger partial charge in [-0.05, 0) is 13.0 Å². The number of urea groups is 1. The molecule has 1 aliphatic rings. The topological polar surface area (TPSA) is 102 Å². The van der Waals surface area contributed by atoms with Crippen LogP contribution < -0.4 is 5.32 Å². The summed E-state index contributed by atoms with van der Waals surface area (Å²) >= 11 is 1.53. The lowest BCUT2D eigenvalue weighted by molar-refractivity contribution is 0.195. The SMILES string of the molecule is Cc1nnc(-c2ccc3cnc(NC(=O)N4CCn5ccnc5C4)nc3c2)s1. The maximum absolute atomic E-state index is 12.6. The zero-order valence-electron chi connectivity index (χ0n) is 15.0. The van der Waals surface area contributed by atoms with Crippen LogP contribution >= 0.6 is 11.3 Å². The number of imidazole rings is 1. The largest absolute Gasteiger partial charge is 0.332 e. The van der Waals surface area contributed by atoms with E-state index in [1.165, 1.54) is 11.3 Å². The molecule has 1 aliphatic heterocycles. The molecule has 1 N–H and O–H groups in total. The lowest BCUT2D eigenvalue weighted by atomic mass is 10.1. The molecule has 0 aliphatic carbocycles. The molecule has 0 bridgehead atoms. The van der Waals surface area contributed by atoms with E-state index in [2.05, 4.69) is 30.5 Å². The lowest BCUT2D eigenvalue weighted by Crippen LogP contribution is -2.41. The zero-order valence-corrected chi connectivity index (χ0v) is 15.8. The van der Waals surface area contributed by atoms with E-state index < -0.39 is 0 Å². The standard InChI is InChI=1S/C18H16N8OS/c1-11-23-24-16(28-11)12-2-3-13-9-20-17(21-14(13)8-12)22-18(27)26-7-6-25-5-4-19-15(25)10-26/h2-5,8-9H,6-7,10H2,1H3,(H,20,21,22,27). The number of amides is 2. The summed E-state index contributed by atoms with van der Waals surface area (Å²) in [6, 6.07) is 5.62. The van der Waals surface area contributed by atoms with Gasteiger partial charge in [0.2, 0.25) is 5.95 Å². The molecule has 0 saturated carbocycles. The number of hydrogen-bond acceptors (Lipinski definition) is 7. The number of rotatable bonds is 2. The van der Waals surface area contributed by atoms with Crippen molar-refractivity contribution in [2.75, 3.05) is 11.9 Å². The fourth-order valence-corrected chi connectivity index (χ4v) is 3.84. The van der Waals surface area contributed by atoms with Crippen LogP contribution in [0.25, 0.3) is 21.5 Å². The van der Waals surface area contributed by atoms with Gasteiger partial charge in [-0.2, -0.15) is 0 Å². The number of aromatic nitrogens is 6. The number of fused-ring (bicyclic) bond motifs is 2. The molecule has 1 aromatic carbocycles. The molecule has 0 atom stereocenters. The van der Waals surface area contributed by atoms with Crippen molar-refractivity contribution in [3.8, 4) is 10.6 Å². The van der Waals surface area contributed by atoms with E-state index in [1.807, 2.05) is 35.9 Å². The number of anilines is 1. The molecule has 0 saturated heterocycles. The number of nitrogens with zero attached hydrogens (tertiary/aromatic N) is 7. The van der Waals surface area contributed by atoms with Crippen molar-refractivity contribution in [1.29, 1.82) is 0 Å². The summed E-state index contributed by atoms with van der Waals surface area (Å²) in [4.78, 5) is 27.4. The number of carbonyl (C=O) groups is 1. The molecule has 9 nitrogen and oxygen atoms in total. The Morgan fingerprint density at radius 3 is 3.00 bits per heavy atom. The van der Waals surface area contributed by atoms with Gasteiger partial charge < -0.3 is 9.47 Å². The van der Waals surface area contributed by atoms with E-state index in [0.717, 1.165) is 38.9 Å². The van der Waals surface area contributed by atoms with Crippen LogP contribution in [0.1, 0.15) is 10.8 Å². The Kier molecular flexibility index (Phi) is 3.97. The van der Waals surface area contributed by atoms with Gasteiger partial charge in [0.15, 0.2) is 0 Å². The van der Waals surface area contributed by atoms with Gasteiger partial charge in [-0.1, -0.05) is 23.5 Å². The maximum Gasteiger partial charge on any atom is 0.324 e. The Hall–Kier alpha value is -3.40. The zero-order chi connectivity index (χ0) is 19.1. The average molecular weight is 392 g/mol. The highest BCUT2D eigenvalue weighted by molar-refractivity contribution is 7.14. The average Bonchev–Trinajstić information content (AvgIpc) is 3.35. The Balaban J connectivity index is 1.38. The van der Waals surface area contributed by atoms with Crippen LogP contribution in [0.5, 0.6) is 0 Å². The summed E-state index contributed by atoms with van der Waals surface area (Å²) in [5, 5.41) is 13.7. The minimum atomic E-state index is -0.232. The summed E-state index contributed by atoms with van der Waals surface area (Å²) in [7, 11) is 0. The Morgan fingerprint density at radius 1 is 1.21 bits per heavy atom. The van der Waals surface area contributed by atoms with E-state index in [-0.39, 0.29) is 12.0 Å². The number of benzene rings is 1. The molecule has 140 valence electrons. The second-order valence-electron chi connectivity index (χ2n) is 6.48. The Bertz CT molecular complexity index is 1180. The number of nitrogens with one attached hydrogen (secondary N) is 1. The van der Waals surface area contributed by atoms with Crippen molar-refractivity contribution < 1.29 is 4.79 Å². The van der Waals surface area contributed by atoms with Crippen molar-refractivity contribution >= 4 is 34.2 Å². The summed E-state index contributed by atoms with van der Waals surface area (Å²) in [5.74, 6) is 1.15. The molecule has 3 aromatic heterocycles. The molecule has 0 unspecified atom stereocenters. The van der Waals surface area contributed by atoms with E-state index >= 15 is 0 Å². The van der Waals surface area contributed by atoms with Gasteiger partial charge in [-0.15, -0.1) is 10.2 Å². The first-order valence-corrected chi connectivity index (χ1v) is 9.60. The van der Waals surface area contributed by atoms with Crippen molar-refractivity contribution in [1.82, 2.24) is 34.6 Å². The highest BCUT2D eigenvalue weighted by Crippen LogP contribution is 2.26. The van der Waals surface area contributed by atoms with Gasteiger partial charge >= 0.3 is 6.03 Å². The minimum Gasteiger partial charge on any atom is -0.332 e. The van der Waals surface area contributed by atoms with Crippen molar-refractivity contribution in [3.05, 3.63) is 47.6 Å². The quantitative estimate of drug-likeness (QED) is 0.563. The van der Waals surface area contributed by atoms with E-state index in [0.29, 0.717) is 13.1 Å². The Morgan fingerprint density at radius 2 is 2.14 bits per heavy atom. The van der Waals surface area contributed by atoms with Gasteiger partial charge in [-0.3, -0.25) is 5.32 Å². The number of hydrogen-bond donors (Lipinski definition) is 1. The molecule has 0 fully saturated rings. The molecule has 4 aromatic rings. The fraction of sp³-hybridized carbons (Fsp3) is 0.222. The molecule has 0 radical (unpaired) electrons. The molecule has 5 rings (SSSR count). The van der Waals surface area contributed by atoms with Crippen LogP contribution in [0.4, 0.5) is 10.7 Å². The highest BCUT2D eigenvalue weighted by Gasteiger charge is 2.21. The molecular formula is C18H16N8OS. The second-order valence-corrected chi connectivity index (χ2v) is 7.66. The van der Waals surface area contributed by atoms with Crippen LogP contribution in [0.3, 0.4) is 0 Å². The maximum atomic E-state index is 12.6. The highest BCUT2D eigenvalue weighted by atomic mass is 32.1. The van der Waals surface area contributed by atoms with Crippen LogP contribution in [-0.4, -0.2) is 47.2 Å². The number of aryl methyl sites for hydroxylation is 1. The summed E-state index contributed by atoms with van der Waals surface area (Å²) < 4.78 is 2.05. The van der Waals surface area contributed by atoms with Gasteiger partial charge in [0.05, 0.1) is 12.1 Å². The van der Waals surface area contributed by atoms with E-state index in [1.54, 1.807) is 17.3 Å². The minimum absolute atomic E-state index is 0.232. The van der Waals surface area contributed by atoms with Crippen molar-refractivity contribution in [2.45, 2.75) is 20.0 Å². The van der Waals surface area contributed by atoms with Crippen LogP contribution in [0, 0.1) is 6.92 Å². The van der Waals surface area contributed by atoms with Gasteiger partial charge in [0, 0.05) is 42.6 Å². The van der Waals surface area contributed by atoms with Gasteiger partial charge in [-0.25, -0.2) is 19.7 Å². The normalized spacial score (nSPS) is 13.5. The monoisotopic (exact) mass is 392 g/mol. The van der Waals surface area contributed by atoms with E-state index in [4.69, 9.17) is 0 Å². The van der Waals surface area contributed by atoms with Gasteiger partial charge in [0.1, 0.15) is 15.8 Å². The predicted octanol–water partition coefficient (Wildman–Crippen LogP) is 2.70. The molecule has 10 heteroatoms. The third-order valence-electron chi connectivity index (χ3n) is 4.61. The summed E-state index contributed by atoms with van der Waals surface area (Å²) in [6.07, 6.45) is 5.38. The second kappa shape index (κ2) is 6.64. The third-order valence-corrected chi connectivity index (χ3v) is 5.49. The van der Waals surface area contributed by atoms with Gasteiger partial charge in [0.25, 0.3) is 0 Å². The fourth-order valence-electron chi connectivity index (χ4n) is 3.15. The molecule has 0 spiro atoms. The van der Waals surface area contributed by atoms with Crippen LogP contribution in [-0.2, 0) is 13.1 Å². The first-order chi connectivity index (χ1) is 13.7. The predicted molar refractivity (Wildman–Crippen MR) is 105 cm³/mol. The lowest BCUT2D eigenvalue weighted by Gasteiger charge is -2.27. The molecule has 28 heavy (non-hydrogen) atoms. The van der Waals surface area contributed by atoms with Crippen molar-refractivity contribution in [3.63, 3.8) is 0 Å². The summed E-state index contributed by atoms with van der Waals surface area (Å²) in [5.41, 5.74) is 1.68. The number of carbonyl (C=O) groups excluding carboxylic acids is 1. The molecular weight excluding hydrogens is 376 g/mol. The first-order valence-electron chi connectivity index (χ1n) is 8.79. The van der Waals surface area contributed by atoms with Crippen LogP contribution in [0.15, 0.2) is 36.8 Å². The third kappa shape index (κ3) is 3.07. The molecule has 4 heterocycles. The van der Waals surface area contributed by atoms with Crippen molar-refractivity contribution in [2.24, 2.45) is 0 Å².